The second-order valence-electron chi connectivity index (χ2n) is 6.03. The van der Waals surface area contributed by atoms with Crippen molar-refractivity contribution in [2.45, 2.75) is 45.2 Å². The van der Waals surface area contributed by atoms with E-state index in [-0.39, 0.29) is 12.1 Å². The smallest absolute Gasteiger partial charge is 0.244 e. The molecule has 4 rings (SSSR count). The highest BCUT2D eigenvalue weighted by atomic mass is 16.5. The van der Waals surface area contributed by atoms with Crippen LogP contribution in [0.15, 0.2) is 31.9 Å². The summed E-state index contributed by atoms with van der Waals surface area (Å²) in [5.74, 6) is 2.94. The Morgan fingerprint density at radius 3 is 2.88 bits per heavy atom. The topological polar surface area (TPSA) is 94.2 Å². The van der Waals surface area contributed by atoms with Crippen LogP contribution < -0.4 is 0 Å². The predicted octanol–water partition coefficient (Wildman–Crippen LogP) is 3.31. The van der Waals surface area contributed by atoms with Gasteiger partial charge in [0.25, 0.3) is 0 Å². The summed E-state index contributed by atoms with van der Waals surface area (Å²) in [5.41, 5.74) is 0. The number of likely N-dealkylation sites (tertiary alicyclic amines) is 1. The van der Waals surface area contributed by atoms with E-state index in [2.05, 4.69) is 32.1 Å². The summed E-state index contributed by atoms with van der Waals surface area (Å²) in [6.45, 7) is 4.79. The van der Waals surface area contributed by atoms with Crippen LogP contribution in [0.1, 0.15) is 55.9 Å². The maximum atomic E-state index is 5.47. The van der Waals surface area contributed by atoms with E-state index < -0.39 is 0 Å². The highest BCUT2D eigenvalue weighted by Gasteiger charge is 2.34. The Balaban J connectivity index is 1.58. The molecule has 3 aromatic heterocycles. The van der Waals surface area contributed by atoms with E-state index in [1.165, 1.54) is 0 Å². The van der Waals surface area contributed by atoms with Crippen molar-refractivity contribution in [2.75, 3.05) is 6.54 Å². The minimum atomic E-state index is -0.0367. The van der Waals surface area contributed by atoms with Gasteiger partial charge in [-0.05, 0) is 38.4 Å². The van der Waals surface area contributed by atoms with Gasteiger partial charge in [-0.15, -0.1) is 0 Å². The molecule has 0 unspecified atom stereocenters. The molecule has 0 radical (unpaired) electrons. The average Bonchev–Trinajstić information content (AvgIpc) is 3.34. The van der Waals surface area contributed by atoms with Crippen LogP contribution in [0.4, 0.5) is 0 Å². The molecule has 0 amide bonds. The third kappa shape index (κ3) is 2.73. The zero-order valence-electron chi connectivity index (χ0n) is 13.7. The number of piperidine rings is 1. The molecule has 0 aliphatic carbocycles. The van der Waals surface area contributed by atoms with Crippen LogP contribution in [0, 0.1) is 6.92 Å². The van der Waals surface area contributed by atoms with Gasteiger partial charge in [-0.25, -0.2) is 0 Å². The molecule has 24 heavy (non-hydrogen) atoms. The van der Waals surface area contributed by atoms with E-state index in [0.29, 0.717) is 23.4 Å². The number of nitrogens with zero attached hydrogens (tertiary/aromatic N) is 5. The van der Waals surface area contributed by atoms with Crippen molar-refractivity contribution in [3.05, 3.63) is 36.0 Å². The van der Waals surface area contributed by atoms with Crippen LogP contribution in [-0.2, 0) is 0 Å². The quantitative estimate of drug-likeness (QED) is 0.719. The normalized spacial score (nSPS) is 20.3. The third-order valence-corrected chi connectivity index (χ3v) is 4.42. The molecule has 0 saturated carbocycles. The molecule has 0 aromatic carbocycles. The summed E-state index contributed by atoms with van der Waals surface area (Å²) in [4.78, 5) is 11.2. The lowest BCUT2D eigenvalue weighted by Crippen LogP contribution is -2.36. The van der Waals surface area contributed by atoms with Crippen molar-refractivity contribution < 1.29 is 13.5 Å². The number of furan rings is 1. The molecule has 1 fully saturated rings. The summed E-state index contributed by atoms with van der Waals surface area (Å²) in [7, 11) is 0. The zero-order chi connectivity index (χ0) is 16.5. The third-order valence-electron chi connectivity index (χ3n) is 4.42. The van der Waals surface area contributed by atoms with Crippen molar-refractivity contribution >= 4 is 0 Å². The predicted molar refractivity (Wildman–Crippen MR) is 82.7 cm³/mol. The molecule has 0 N–H and O–H groups in total. The second-order valence-corrected chi connectivity index (χ2v) is 6.03. The second kappa shape index (κ2) is 6.20. The first-order valence-electron chi connectivity index (χ1n) is 8.16. The standard InChI is InChI=1S/C16H19N5O3/c1-10(16-18-15(20-24-16)13-7-5-9-22-13)21-8-4-3-6-12(21)14-17-11(2)23-19-14/h5,7,9-10,12H,3-4,6,8H2,1-2H3/t10-,12-/m1/s1. The van der Waals surface area contributed by atoms with Crippen molar-refractivity contribution in [3.8, 4) is 11.6 Å². The summed E-state index contributed by atoms with van der Waals surface area (Å²) in [6.07, 6.45) is 4.84. The number of rotatable bonds is 4. The van der Waals surface area contributed by atoms with Crippen molar-refractivity contribution in [1.82, 2.24) is 25.2 Å². The summed E-state index contributed by atoms with van der Waals surface area (Å²) in [5, 5.41) is 8.12. The molecule has 1 saturated heterocycles. The molecule has 8 nitrogen and oxygen atoms in total. The molecule has 1 aliphatic heterocycles. The van der Waals surface area contributed by atoms with Crippen LogP contribution in [0.5, 0.6) is 0 Å². The Bertz CT molecular complexity index is 794. The van der Waals surface area contributed by atoms with Gasteiger partial charge in [-0.2, -0.15) is 9.97 Å². The van der Waals surface area contributed by atoms with Crippen LogP contribution in [0.2, 0.25) is 0 Å². The van der Waals surface area contributed by atoms with Crippen LogP contribution in [-0.4, -0.2) is 31.7 Å². The van der Waals surface area contributed by atoms with E-state index in [4.69, 9.17) is 13.5 Å². The summed E-state index contributed by atoms with van der Waals surface area (Å²) >= 11 is 0. The van der Waals surface area contributed by atoms with E-state index in [9.17, 15) is 0 Å². The van der Waals surface area contributed by atoms with Crippen molar-refractivity contribution in [2.24, 2.45) is 0 Å². The fraction of sp³-hybridized carbons (Fsp3) is 0.500. The highest BCUT2D eigenvalue weighted by Crippen LogP contribution is 2.36. The summed E-state index contributed by atoms with van der Waals surface area (Å²) in [6, 6.07) is 3.68. The Kier molecular flexibility index (Phi) is 3.89. The molecular weight excluding hydrogens is 310 g/mol. The monoisotopic (exact) mass is 329 g/mol. The lowest BCUT2D eigenvalue weighted by molar-refractivity contribution is 0.0777. The first kappa shape index (κ1) is 15.1. The maximum absolute atomic E-state index is 5.47. The average molecular weight is 329 g/mol. The molecule has 0 bridgehead atoms. The number of hydrogen-bond donors (Lipinski definition) is 0. The number of aromatic nitrogens is 4. The van der Waals surface area contributed by atoms with Gasteiger partial charge in [-0.3, -0.25) is 4.90 Å². The Morgan fingerprint density at radius 1 is 1.21 bits per heavy atom. The van der Waals surface area contributed by atoms with E-state index in [1.54, 1.807) is 19.3 Å². The molecule has 8 heteroatoms. The van der Waals surface area contributed by atoms with Crippen molar-refractivity contribution in [3.63, 3.8) is 0 Å². The zero-order valence-corrected chi connectivity index (χ0v) is 13.7. The van der Waals surface area contributed by atoms with Crippen LogP contribution >= 0.6 is 0 Å². The van der Waals surface area contributed by atoms with Gasteiger partial charge in [-0.1, -0.05) is 16.7 Å². The fourth-order valence-corrected chi connectivity index (χ4v) is 3.20. The SMILES string of the molecule is Cc1nc([C@H]2CCCCN2[C@H](C)c2nc(-c3ccco3)no2)no1. The Hall–Kier alpha value is -2.48. The first-order chi connectivity index (χ1) is 11.7. The first-order valence-corrected chi connectivity index (χ1v) is 8.16. The van der Waals surface area contributed by atoms with Gasteiger partial charge in [0.05, 0.1) is 18.3 Å². The maximum Gasteiger partial charge on any atom is 0.244 e. The largest absolute Gasteiger partial charge is 0.461 e. The Morgan fingerprint density at radius 2 is 2.12 bits per heavy atom. The Labute approximate surface area is 138 Å². The van der Waals surface area contributed by atoms with Gasteiger partial charge >= 0.3 is 0 Å². The highest BCUT2D eigenvalue weighted by molar-refractivity contribution is 5.44. The van der Waals surface area contributed by atoms with E-state index >= 15 is 0 Å². The van der Waals surface area contributed by atoms with Gasteiger partial charge in [0.2, 0.25) is 17.6 Å². The van der Waals surface area contributed by atoms with Gasteiger partial charge in [0.15, 0.2) is 11.6 Å². The van der Waals surface area contributed by atoms with E-state index in [0.717, 1.165) is 31.6 Å². The summed E-state index contributed by atoms with van der Waals surface area (Å²) < 4.78 is 15.9. The minimum absolute atomic E-state index is 0.0367. The number of aryl methyl sites for hydroxylation is 1. The van der Waals surface area contributed by atoms with Crippen LogP contribution in [0.25, 0.3) is 11.6 Å². The molecular formula is C16H19N5O3. The lowest BCUT2D eigenvalue weighted by atomic mass is 9.99. The molecule has 1 aliphatic rings. The minimum Gasteiger partial charge on any atom is -0.461 e. The number of hydrogen-bond acceptors (Lipinski definition) is 8. The van der Waals surface area contributed by atoms with Gasteiger partial charge < -0.3 is 13.5 Å². The lowest BCUT2D eigenvalue weighted by Gasteiger charge is -2.36. The molecule has 3 aromatic rings. The molecule has 0 spiro atoms. The fourth-order valence-electron chi connectivity index (χ4n) is 3.20. The van der Waals surface area contributed by atoms with E-state index in [1.807, 2.05) is 6.07 Å². The van der Waals surface area contributed by atoms with Crippen LogP contribution in [0.3, 0.4) is 0 Å². The molecule has 126 valence electrons. The molecule has 2 atom stereocenters. The molecule has 4 heterocycles. The van der Waals surface area contributed by atoms with Crippen molar-refractivity contribution in [1.29, 1.82) is 0 Å². The van der Waals surface area contributed by atoms with Gasteiger partial charge in [0.1, 0.15) is 0 Å². The van der Waals surface area contributed by atoms with Gasteiger partial charge in [0, 0.05) is 6.92 Å².